The summed E-state index contributed by atoms with van der Waals surface area (Å²) in [5.74, 6) is 0. The quantitative estimate of drug-likeness (QED) is 0.373. The van der Waals surface area contributed by atoms with Crippen LogP contribution in [0.2, 0.25) is 5.04 Å². The Morgan fingerprint density at radius 2 is 1.36 bits per heavy atom. The highest BCUT2D eigenvalue weighted by Crippen LogP contribution is 2.38. The molecule has 2 rings (SSSR count). The van der Waals surface area contributed by atoms with Crippen LogP contribution >= 0.6 is 31.9 Å². The van der Waals surface area contributed by atoms with Crippen molar-refractivity contribution in [2.75, 3.05) is 5.33 Å². The van der Waals surface area contributed by atoms with Gasteiger partial charge in [0.05, 0.1) is 6.10 Å². The second-order valence-electron chi connectivity index (χ2n) is 7.47. The van der Waals surface area contributed by atoms with E-state index in [0.717, 1.165) is 11.8 Å². The summed E-state index contributed by atoms with van der Waals surface area (Å²) < 4.78 is 7.14. The first kappa shape index (κ1) is 20.9. The lowest BCUT2D eigenvalue weighted by molar-refractivity contribution is 0.187. The molecule has 0 heterocycles. The van der Waals surface area contributed by atoms with E-state index in [0.29, 0.717) is 4.83 Å². The van der Waals surface area contributed by atoms with E-state index in [4.69, 9.17) is 4.43 Å². The molecule has 2 aromatic rings. The average molecular weight is 484 g/mol. The van der Waals surface area contributed by atoms with Crippen LogP contribution in [0.25, 0.3) is 0 Å². The Morgan fingerprint density at radius 3 is 1.68 bits per heavy atom. The number of halogens is 2. The van der Waals surface area contributed by atoms with Crippen LogP contribution in [0.15, 0.2) is 60.7 Å². The molecule has 0 aromatic heterocycles. The van der Waals surface area contributed by atoms with Gasteiger partial charge in [-0.2, -0.15) is 0 Å². The maximum absolute atomic E-state index is 7.14. The van der Waals surface area contributed by atoms with Gasteiger partial charge in [-0.3, -0.25) is 0 Å². The van der Waals surface area contributed by atoms with Crippen molar-refractivity contribution in [3.05, 3.63) is 60.7 Å². The summed E-state index contributed by atoms with van der Waals surface area (Å²) in [6.45, 7) is 9.15. The lowest BCUT2D eigenvalue weighted by Gasteiger charge is -2.45. The molecule has 0 spiro atoms. The predicted molar refractivity (Wildman–Crippen MR) is 119 cm³/mol. The summed E-state index contributed by atoms with van der Waals surface area (Å²) >= 11 is 7.39. The molecule has 0 amide bonds. The molecule has 0 aliphatic rings. The van der Waals surface area contributed by atoms with E-state index in [2.05, 4.69) is 120 Å². The minimum Gasteiger partial charge on any atom is -0.403 e. The average Bonchev–Trinajstić information content (AvgIpc) is 2.59. The lowest BCUT2D eigenvalue weighted by atomic mass is 10.2. The van der Waals surface area contributed by atoms with Gasteiger partial charge >= 0.3 is 0 Å². The van der Waals surface area contributed by atoms with Crippen LogP contribution in [-0.2, 0) is 4.43 Å². The number of alkyl halides is 2. The van der Waals surface area contributed by atoms with Gasteiger partial charge in [-0.25, -0.2) is 0 Å². The summed E-state index contributed by atoms with van der Waals surface area (Å²) in [5.41, 5.74) is 0. The smallest absolute Gasteiger partial charge is 0.261 e. The Hall–Kier alpha value is -0.423. The predicted octanol–water partition coefficient (Wildman–Crippen LogP) is 5.50. The molecule has 0 bridgehead atoms. The molecule has 0 aliphatic carbocycles. The third-order valence-corrected chi connectivity index (χ3v) is 10.8. The minimum atomic E-state index is -2.46. The van der Waals surface area contributed by atoms with Gasteiger partial charge in [0, 0.05) is 10.2 Å². The van der Waals surface area contributed by atoms with Gasteiger partial charge in [-0.05, 0) is 21.8 Å². The first-order chi connectivity index (χ1) is 11.8. The van der Waals surface area contributed by atoms with E-state index in [1.54, 1.807) is 0 Å². The minimum absolute atomic E-state index is 0.0160. The summed E-state index contributed by atoms with van der Waals surface area (Å²) in [5, 5.41) is 3.62. The van der Waals surface area contributed by atoms with Crippen LogP contribution in [-0.4, -0.2) is 24.6 Å². The molecule has 0 radical (unpaired) electrons. The topological polar surface area (TPSA) is 9.23 Å². The third-order valence-electron chi connectivity index (χ3n) is 4.65. The van der Waals surface area contributed by atoms with Gasteiger partial charge in [0.15, 0.2) is 0 Å². The normalized spacial score (nSPS) is 15.0. The van der Waals surface area contributed by atoms with E-state index in [-0.39, 0.29) is 11.1 Å². The van der Waals surface area contributed by atoms with Crippen molar-refractivity contribution in [3.8, 4) is 0 Å². The van der Waals surface area contributed by atoms with E-state index in [9.17, 15) is 0 Å². The molecule has 136 valence electrons. The van der Waals surface area contributed by atoms with Gasteiger partial charge in [-0.1, -0.05) is 120 Å². The molecule has 0 fully saturated rings. The molecule has 0 saturated carbocycles. The molecular weight excluding hydrogens is 456 g/mol. The van der Waals surface area contributed by atoms with E-state index in [1.807, 2.05) is 0 Å². The van der Waals surface area contributed by atoms with Crippen molar-refractivity contribution in [1.82, 2.24) is 0 Å². The van der Waals surface area contributed by atoms with Crippen LogP contribution in [0.3, 0.4) is 0 Å². The number of rotatable bonds is 7. The van der Waals surface area contributed by atoms with Crippen LogP contribution < -0.4 is 10.4 Å². The molecule has 0 saturated heterocycles. The van der Waals surface area contributed by atoms with Crippen molar-refractivity contribution < 1.29 is 4.43 Å². The van der Waals surface area contributed by atoms with Crippen molar-refractivity contribution in [2.45, 2.75) is 50.1 Å². The fourth-order valence-electron chi connectivity index (χ4n) is 3.41. The highest BCUT2D eigenvalue weighted by Gasteiger charge is 2.51. The second kappa shape index (κ2) is 8.98. The summed E-state index contributed by atoms with van der Waals surface area (Å²) in [7, 11) is -2.46. The Bertz CT molecular complexity index is 598. The largest absolute Gasteiger partial charge is 0.403 e. The summed E-state index contributed by atoms with van der Waals surface area (Å²) in [4.78, 5) is 0.298. The van der Waals surface area contributed by atoms with Crippen molar-refractivity contribution in [2.24, 2.45) is 0 Å². The second-order valence-corrected chi connectivity index (χ2v) is 14.0. The molecule has 0 aliphatic heterocycles. The van der Waals surface area contributed by atoms with E-state index in [1.165, 1.54) is 10.4 Å². The van der Waals surface area contributed by atoms with Crippen LogP contribution in [0.4, 0.5) is 0 Å². The highest BCUT2D eigenvalue weighted by atomic mass is 79.9. The van der Waals surface area contributed by atoms with Crippen LogP contribution in [0.1, 0.15) is 34.1 Å². The maximum atomic E-state index is 7.14. The van der Waals surface area contributed by atoms with E-state index < -0.39 is 8.32 Å². The zero-order chi connectivity index (χ0) is 18.5. The van der Waals surface area contributed by atoms with Crippen molar-refractivity contribution in [1.29, 1.82) is 0 Å². The standard InChI is InChI=1S/C21H28Br2OSi/c1-17(23)20(15-16-22)24-25(21(2,3)4,18-11-7-5-8-12-18)19-13-9-6-10-14-19/h5-14,17,20H,15-16H2,1-4H3/t17?,20-/m1/s1. The number of benzene rings is 2. The molecular formula is C21H28Br2OSi. The Morgan fingerprint density at radius 1 is 0.920 bits per heavy atom. The van der Waals surface area contributed by atoms with Crippen molar-refractivity contribution in [3.63, 3.8) is 0 Å². The maximum Gasteiger partial charge on any atom is 0.261 e. The number of hydrogen-bond acceptors (Lipinski definition) is 1. The monoisotopic (exact) mass is 482 g/mol. The summed E-state index contributed by atoms with van der Waals surface area (Å²) in [6, 6.07) is 21.7. The Balaban J connectivity index is 2.68. The van der Waals surface area contributed by atoms with Gasteiger partial charge in [0.2, 0.25) is 0 Å². The Labute approximate surface area is 170 Å². The fourth-order valence-corrected chi connectivity index (χ4v) is 9.22. The fraction of sp³-hybridized carbons (Fsp3) is 0.429. The number of hydrogen-bond donors (Lipinski definition) is 0. The zero-order valence-corrected chi connectivity index (χ0v) is 19.7. The lowest BCUT2D eigenvalue weighted by Crippen LogP contribution is -2.68. The van der Waals surface area contributed by atoms with Gasteiger partial charge in [0.1, 0.15) is 0 Å². The molecule has 2 atom stereocenters. The van der Waals surface area contributed by atoms with E-state index >= 15 is 0 Å². The van der Waals surface area contributed by atoms with Crippen LogP contribution in [0.5, 0.6) is 0 Å². The molecule has 4 heteroatoms. The van der Waals surface area contributed by atoms with Gasteiger partial charge in [0.25, 0.3) is 8.32 Å². The third kappa shape index (κ3) is 4.65. The first-order valence-corrected chi connectivity index (χ1v) is 12.8. The molecule has 1 unspecified atom stereocenters. The molecule has 25 heavy (non-hydrogen) atoms. The molecule has 1 nitrogen and oxygen atoms in total. The highest BCUT2D eigenvalue weighted by molar-refractivity contribution is 9.09. The SMILES string of the molecule is CC(Br)[C@@H](CCBr)O[Si](c1ccccc1)(c1ccccc1)C(C)(C)C. The van der Waals surface area contributed by atoms with Crippen LogP contribution in [0, 0.1) is 0 Å². The summed E-state index contributed by atoms with van der Waals surface area (Å²) in [6.07, 6.45) is 1.14. The molecule has 0 N–H and O–H groups in total. The Kier molecular flexibility index (Phi) is 7.50. The van der Waals surface area contributed by atoms with Gasteiger partial charge < -0.3 is 4.43 Å². The molecule has 2 aromatic carbocycles. The van der Waals surface area contributed by atoms with Crippen molar-refractivity contribution >= 4 is 50.6 Å². The zero-order valence-electron chi connectivity index (χ0n) is 15.5. The first-order valence-electron chi connectivity index (χ1n) is 8.82. The van der Waals surface area contributed by atoms with Gasteiger partial charge in [-0.15, -0.1) is 0 Å².